The summed E-state index contributed by atoms with van der Waals surface area (Å²) in [6.45, 7) is 5.98. The van der Waals surface area contributed by atoms with E-state index >= 15 is 0 Å². The van der Waals surface area contributed by atoms with Gasteiger partial charge in [0.25, 0.3) is 0 Å². The minimum atomic E-state index is -0.428. The van der Waals surface area contributed by atoms with Gasteiger partial charge >= 0.3 is 5.97 Å². The molecule has 0 heterocycles. The number of ether oxygens (including phenoxy) is 2. The molecule has 76 valence electrons. The van der Waals surface area contributed by atoms with Gasteiger partial charge in [-0.15, -0.1) is 6.58 Å². The Kier molecular flexibility index (Phi) is 7.30. The molecule has 1 unspecified atom stereocenters. The molecule has 0 aliphatic carbocycles. The maximum absolute atomic E-state index is 11.1. The zero-order valence-corrected chi connectivity index (χ0v) is 8.41. The van der Waals surface area contributed by atoms with E-state index in [1.807, 2.05) is 0 Å². The summed E-state index contributed by atoms with van der Waals surface area (Å²) in [7, 11) is 1.37. The highest BCUT2D eigenvalue weighted by atomic mass is 16.6. The van der Waals surface area contributed by atoms with Crippen molar-refractivity contribution in [2.75, 3.05) is 13.7 Å². The van der Waals surface area contributed by atoms with Crippen LogP contribution in [0.4, 0.5) is 0 Å². The average Bonchev–Trinajstić information content (AvgIpc) is 2.17. The van der Waals surface area contributed by atoms with Gasteiger partial charge in [-0.25, -0.2) is 4.79 Å². The van der Waals surface area contributed by atoms with Gasteiger partial charge < -0.3 is 9.47 Å². The van der Waals surface area contributed by atoms with Crippen molar-refractivity contribution in [3.05, 3.63) is 12.7 Å². The Morgan fingerprint density at radius 1 is 1.62 bits per heavy atom. The van der Waals surface area contributed by atoms with Gasteiger partial charge in [0, 0.05) is 0 Å². The number of rotatable bonds is 7. The molecule has 0 aliphatic rings. The smallest absolute Gasteiger partial charge is 0.334 e. The number of hydrogen-bond acceptors (Lipinski definition) is 3. The van der Waals surface area contributed by atoms with Crippen LogP contribution in [0.1, 0.15) is 26.2 Å². The Labute approximate surface area is 79.7 Å². The lowest BCUT2D eigenvalue weighted by molar-refractivity contribution is -0.153. The van der Waals surface area contributed by atoms with Crippen molar-refractivity contribution in [1.29, 1.82) is 0 Å². The number of unbranched alkanes of at least 4 members (excludes halogenated alkanes) is 1. The minimum Gasteiger partial charge on any atom is -0.467 e. The molecule has 0 amide bonds. The Bertz CT molecular complexity index is 154. The van der Waals surface area contributed by atoms with Crippen molar-refractivity contribution in [3.63, 3.8) is 0 Å². The number of methoxy groups -OCH3 is 1. The molecule has 0 aliphatic heterocycles. The predicted molar refractivity (Wildman–Crippen MR) is 51.5 cm³/mol. The number of carbonyl (C=O) groups is 1. The molecule has 0 bridgehead atoms. The molecule has 0 aromatic heterocycles. The van der Waals surface area contributed by atoms with Gasteiger partial charge in [-0.05, 0) is 6.42 Å². The molecule has 1 atom stereocenters. The largest absolute Gasteiger partial charge is 0.467 e. The molecule has 0 spiro atoms. The second kappa shape index (κ2) is 7.80. The fourth-order valence-electron chi connectivity index (χ4n) is 0.974. The number of carbonyl (C=O) groups excluding carboxylic acids is 1. The van der Waals surface area contributed by atoms with Crippen LogP contribution in [0.15, 0.2) is 12.7 Å². The minimum absolute atomic E-state index is 0.296. The summed E-state index contributed by atoms with van der Waals surface area (Å²) >= 11 is 0. The van der Waals surface area contributed by atoms with E-state index in [9.17, 15) is 4.79 Å². The summed E-state index contributed by atoms with van der Waals surface area (Å²) in [5.41, 5.74) is 0. The lowest BCUT2D eigenvalue weighted by Gasteiger charge is -2.13. The zero-order chi connectivity index (χ0) is 10.1. The van der Waals surface area contributed by atoms with Crippen LogP contribution in [0.5, 0.6) is 0 Å². The van der Waals surface area contributed by atoms with Crippen molar-refractivity contribution in [2.45, 2.75) is 32.3 Å². The van der Waals surface area contributed by atoms with Crippen molar-refractivity contribution in [3.8, 4) is 0 Å². The maximum atomic E-state index is 11.1. The van der Waals surface area contributed by atoms with E-state index < -0.39 is 6.10 Å². The van der Waals surface area contributed by atoms with Crippen LogP contribution in [-0.2, 0) is 14.3 Å². The monoisotopic (exact) mass is 186 g/mol. The van der Waals surface area contributed by atoms with E-state index in [1.54, 1.807) is 6.08 Å². The van der Waals surface area contributed by atoms with Gasteiger partial charge in [-0.2, -0.15) is 0 Å². The van der Waals surface area contributed by atoms with Crippen LogP contribution < -0.4 is 0 Å². The molecule has 0 fully saturated rings. The second-order valence-electron chi connectivity index (χ2n) is 2.78. The summed E-state index contributed by atoms with van der Waals surface area (Å²) in [6.07, 6.45) is 3.93. The quantitative estimate of drug-likeness (QED) is 0.450. The highest BCUT2D eigenvalue weighted by Gasteiger charge is 2.17. The van der Waals surface area contributed by atoms with Crippen LogP contribution in [0.3, 0.4) is 0 Å². The molecule has 0 N–H and O–H groups in total. The molecule has 0 aromatic carbocycles. The summed E-state index contributed by atoms with van der Waals surface area (Å²) in [6, 6.07) is 0. The van der Waals surface area contributed by atoms with Crippen molar-refractivity contribution in [1.82, 2.24) is 0 Å². The van der Waals surface area contributed by atoms with Gasteiger partial charge in [0.2, 0.25) is 0 Å². The van der Waals surface area contributed by atoms with E-state index in [0.29, 0.717) is 6.61 Å². The molecule has 13 heavy (non-hydrogen) atoms. The predicted octanol–water partition coefficient (Wildman–Crippen LogP) is 1.92. The first kappa shape index (κ1) is 12.2. The maximum Gasteiger partial charge on any atom is 0.334 e. The third-order valence-corrected chi connectivity index (χ3v) is 1.70. The summed E-state index contributed by atoms with van der Waals surface area (Å²) in [5.74, 6) is -0.296. The van der Waals surface area contributed by atoms with Gasteiger partial charge in [0.05, 0.1) is 13.7 Å². The lowest BCUT2D eigenvalue weighted by Crippen LogP contribution is -2.25. The molecule has 0 aromatic rings. The van der Waals surface area contributed by atoms with Gasteiger partial charge in [-0.1, -0.05) is 25.8 Å². The number of hydrogen-bond donors (Lipinski definition) is 0. The van der Waals surface area contributed by atoms with Crippen molar-refractivity contribution in [2.24, 2.45) is 0 Å². The van der Waals surface area contributed by atoms with Crippen LogP contribution in [-0.4, -0.2) is 25.8 Å². The molecule has 0 saturated heterocycles. The van der Waals surface area contributed by atoms with Gasteiger partial charge in [-0.3, -0.25) is 0 Å². The van der Waals surface area contributed by atoms with Crippen LogP contribution in [0.25, 0.3) is 0 Å². The van der Waals surface area contributed by atoms with E-state index in [1.165, 1.54) is 7.11 Å². The topological polar surface area (TPSA) is 35.5 Å². The summed E-state index contributed by atoms with van der Waals surface area (Å²) in [5, 5.41) is 0. The molecular weight excluding hydrogens is 168 g/mol. The Balaban J connectivity index is 3.86. The van der Waals surface area contributed by atoms with E-state index in [4.69, 9.17) is 4.74 Å². The molecular formula is C10H18O3. The first-order chi connectivity index (χ1) is 6.26. The zero-order valence-electron chi connectivity index (χ0n) is 8.41. The third kappa shape index (κ3) is 5.42. The van der Waals surface area contributed by atoms with E-state index in [-0.39, 0.29) is 5.97 Å². The van der Waals surface area contributed by atoms with Crippen molar-refractivity contribution < 1.29 is 14.3 Å². The van der Waals surface area contributed by atoms with Crippen molar-refractivity contribution >= 4 is 5.97 Å². The lowest BCUT2D eigenvalue weighted by atomic mass is 10.1. The Morgan fingerprint density at radius 2 is 2.31 bits per heavy atom. The van der Waals surface area contributed by atoms with Crippen LogP contribution in [0.2, 0.25) is 0 Å². The molecule has 3 nitrogen and oxygen atoms in total. The van der Waals surface area contributed by atoms with Gasteiger partial charge in [0.1, 0.15) is 0 Å². The molecule has 0 rings (SSSR count). The van der Waals surface area contributed by atoms with Gasteiger partial charge in [0.15, 0.2) is 6.10 Å². The Morgan fingerprint density at radius 3 is 2.77 bits per heavy atom. The summed E-state index contributed by atoms with van der Waals surface area (Å²) < 4.78 is 9.86. The Hall–Kier alpha value is -0.830. The van der Waals surface area contributed by atoms with Crippen LogP contribution in [0, 0.1) is 0 Å². The molecule has 0 radical (unpaired) electrons. The van der Waals surface area contributed by atoms with E-state index in [2.05, 4.69) is 18.2 Å². The normalized spacial score (nSPS) is 12.2. The second-order valence-corrected chi connectivity index (χ2v) is 2.78. The number of esters is 1. The fourth-order valence-corrected chi connectivity index (χ4v) is 0.974. The highest BCUT2D eigenvalue weighted by molar-refractivity contribution is 5.74. The van der Waals surface area contributed by atoms with E-state index in [0.717, 1.165) is 19.3 Å². The molecule has 0 saturated carbocycles. The molecule has 3 heteroatoms. The first-order valence-electron chi connectivity index (χ1n) is 4.56. The van der Waals surface area contributed by atoms with Crippen LogP contribution >= 0.6 is 0 Å². The summed E-state index contributed by atoms with van der Waals surface area (Å²) in [4.78, 5) is 11.1. The highest BCUT2D eigenvalue weighted by Crippen LogP contribution is 2.06. The standard InChI is InChI=1S/C10H18O3/c1-4-6-7-9(10(11)12-3)13-8-5-2/h5,9H,2,4,6-8H2,1,3H3. The third-order valence-electron chi connectivity index (χ3n) is 1.70. The average molecular weight is 186 g/mol. The fraction of sp³-hybridized carbons (Fsp3) is 0.700. The first-order valence-corrected chi connectivity index (χ1v) is 4.56. The SMILES string of the molecule is C=CCOC(CCCC)C(=O)OC.